The normalized spacial score (nSPS) is 25.3. The molecule has 0 aromatic heterocycles. The first kappa shape index (κ1) is 21.0. The summed E-state index contributed by atoms with van der Waals surface area (Å²) in [5.74, 6) is -5.62. The van der Waals surface area contributed by atoms with Crippen molar-refractivity contribution in [1.82, 2.24) is 0 Å². The molecule has 2 rings (SSSR count). The van der Waals surface area contributed by atoms with Crippen molar-refractivity contribution >= 4 is 0 Å². The van der Waals surface area contributed by atoms with Crippen LogP contribution in [0.2, 0.25) is 0 Å². The molecule has 0 fully saturated rings. The van der Waals surface area contributed by atoms with Gasteiger partial charge in [-0.1, -0.05) is 0 Å². The Morgan fingerprint density at radius 3 is 1.19 bits per heavy atom. The molecule has 2 unspecified atom stereocenters. The Hall–Kier alpha value is -0.00987. The van der Waals surface area contributed by atoms with Gasteiger partial charge in [0.2, 0.25) is 0 Å². The van der Waals surface area contributed by atoms with Crippen LogP contribution in [0.3, 0.4) is 0 Å². The topological polar surface area (TPSA) is 0 Å². The summed E-state index contributed by atoms with van der Waals surface area (Å²) in [4.78, 5) is 0. The van der Waals surface area contributed by atoms with Crippen LogP contribution in [0.5, 0.6) is 0 Å². The Morgan fingerprint density at radius 1 is 0.714 bits per heavy atom. The van der Waals surface area contributed by atoms with Gasteiger partial charge in [-0.3, -0.25) is 0 Å². The smallest absolute Gasteiger partial charge is 1.00 e. The van der Waals surface area contributed by atoms with Crippen molar-refractivity contribution in [3.05, 3.63) is 41.1 Å². The van der Waals surface area contributed by atoms with Gasteiger partial charge in [-0.25, -0.2) is 0 Å². The molecular weight excluding hydrogens is 508 g/mol. The van der Waals surface area contributed by atoms with Crippen molar-refractivity contribution in [2.75, 3.05) is 0 Å². The van der Waals surface area contributed by atoms with Crippen molar-refractivity contribution < 1.29 is 74.1 Å². The summed E-state index contributed by atoms with van der Waals surface area (Å²) < 4.78 is 79.4. The molecule has 9 heteroatoms. The number of halogens is 8. The second-order valence-electron chi connectivity index (χ2n) is 4.25. The predicted octanol–water partition coefficient (Wildman–Crippen LogP) is -1.37. The van der Waals surface area contributed by atoms with Crippen molar-refractivity contribution in [2.24, 2.45) is 0 Å². The minimum Gasteiger partial charge on any atom is -1.00 e. The average molecular weight is 516 g/mol. The van der Waals surface area contributed by atoms with Crippen LogP contribution >= 0.6 is 0 Å². The van der Waals surface area contributed by atoms with E-state index < -0.39 is 58.6 Å². The van der Waals surface area contributed by atoms with Gasteiger partial charge in [0.1, 0.15) is 0 Å². The van der Waals surface area contributed by atoms with E-state index in [1.54, 1.807) is 0 Å². The zero-order valence-corrected chi connectivity index (χ0v) is 15.8. The molecule has 0 heterocycles. The van der Waals surface area contributed by atoms with Gasteiger partial charge in [-0.2, -0.15) is 0 Å². The molecule has 0 N–H and O–H groups in total. The Balaban J connectivity index is 0.00000200. The standard InChI is InChI=1S/2C6H4F3.2ClH.Hf/c2*1-3-2-4(7)6(9)5(3)8;;;/h2*4H,1H3;2*1H;/q;;;;+2/p-2. The Bertz CT molecular complexity index is 528. The van der Waals surface area contributed by atoms with E-state index in [1.807, 2.05) is 0 Å². The maximum absolute atomic E-state index is 13.6. The van der Waals surface area contributed by atoms with Gasteiger partial charge in [-0.05, 0) is 0 Å². The van der Waals surface area contributed by atoms with E-state index in [-0.39, 0.29) is 42.6 Å². The van der Waals surface area contributed by atoms with E-state index in [1.165, 1.54) is 13.8 Å². The molecule has 0 bridgehead atoms. The van der Waals surface area contributed by atoms with Crippen LogP contribution in [0.15, 0.2) is 41.1 Å². The minimum atomic E-state index is -2.57. The van der Waals surface area contributed by atoms with Crippen molar-refractivity contribution in [3.63, 3.8) is 0 Å². The number of hydrogen-bond donors (Lipinski definition) is 0. The van der Waals surface area contributed by atoms with Gasteiger partial charge in [0.15, 0.2) is 0 Å². The summed E-state index contributed by atoms with van der Waals surface area (Å²) >= 11 is -2.57. The van der Waals surface area contributed by atoms with E-state index in [9.17, 15) is 26.3 Å². The molecular formula is C12H8Cl2F6Hf. The summed E-state index contributed by atoms with van der Waals surface area (Å²) in [5.41, 5.74) is -0.401. The molecule has 0 aliphatic heterocycles. The van der Waals surface area contributed by atoms with Gasteiger partial charge in [0, 0.05) is 0 Å². The van der Waals surface area contributed by atoms with Crippen LogP contribution in [-0.2, 0) is 22.9 Å². The molecule has 2 aliphatic rings. The fourth-order valence-corrected chi connectivity index (χ4v) is 6.91. The number of hydrogen-bond acceptors (Lipinski definition) is 0. The maximum Gasteiger partial charge on any atom is -1.00 e. The zero-order valence-electron chi connectivity index (χ0n) is 10.7. The summed E-state index contributed by atoms with van der Waals surface area (Å²) in [5, 5.41) is 0. The second-order valence-corrected chi connectivity index (χ2v) is 9.02. The van der Waals surface area contributed by atoms with Crippen LogP contribution in [-0.4, -0.2) is 12.3 Å². The molecule has 0 saturated heterocycles. The third-order valence-electron chi connectivity index (χ3n) is 3.11. The SMILES string of the molecule is CC1=[C]([Hf+2][C]2=C(C)C(F)=C(F)C2F)C(F)C(F)=C1F.[Cl-].[Cl-]. The van der Waals surface area contributed by atoms with Crippen molar-refractivity contribution in [1.29, 1.82) is 0 Å². The van der Waals surface area contributed by atoms with Gasteiger partial charge < -0.3 is 24.8 Å². The van der Waals surface area contributed by atoms with Gasteiger partial charge in [0.25, 0.3) is 0 Å². The third-order valence-corrected chi connectivity index (χ3v) is 9.56. The van der Waals surface area contributed by atoms with E-state index in [4.69, 9.17) is 0 Å². The van der Waals surface area contributed by atoms with Gasteiger partial charge in [-0.15, -0.1) is 0 Å². The molecule has 21 heavy (non-hydrogen) atoms. The molecule has 2 aliphatic carbocycles. The molecule has 0 nitrogen and oxygen atoms in total. The quantitative estimate of drug-likeness (QED) is 0.315. The molecule has 116 valence electrons. The first-order chi connectivity index (χ1) is 8.77. The molecule has 2 atom stereocenters. The second kappa shape index (κ2) is 7.51. The molecule has 0 aromatic carbocycles. The fraction of sp³-hybridized carbons (Fsp3) is 0.333. The van der Waals surface area contributed by atoms with E-state index in [0.717, 1.165) is 0 Å². The molecule has 0 spiro atoms. The monoisotopic (exact) mass is 516 g/mol. The summed E-state index contributed by atoms with van der Waals surface area (Å²) in [6.07, 6.45) is -4.47. The average Bonchev–Trinajstić information content (AvgIpc) is 2.68. The van der Waals surface area contributed by atoms with Gasteiger partial charge >= 0.3 is 117 Å². The van der Waals surface area contributed by atoms with Crippen LogP contribution in [0.4, 0.5) is 26.3 Å². The fourth-order valence-electron chi connectivity index (χ4n) is 1.91. The first-order valence-corrected chi connectivity index (χ1v) is 8.94. The predicted molar refractivity (Wildman–Crippen MR) is 53.7 cm³/mol. The minimum absolute atomic E-state index is 0. The summed E-state index contributed by atoms with van der Waals surface area (Å²) in [6.45, 7) is 2.38. The summed E-state index contributed by atoms with van der Waals surface area (Å²) in [6, 6.07) is 0. The molecule has 0 saturated carbocycles. The largest absolute Gasteiger partial charge is 1.00 e. The first-order valence-electron chi connectivity index (χ1n) is 5.35. The van der Waals surface area contributed by atoms with Crippen molar-refractivity contribution in [2.45, 2.75) is 26.2 Å². The molecule has 0 aromatic rings. The number of rotatable bonds is 2. The Morgan fingerprint density at radius 2 is 1.00 bits per heavy atom. The Kier molecular flexibility index (Phi) is 7.50. The van der Waals surface area contributed by atoms with Crippen LogP contribution in [0, 0.1) is 0 Å². The third kappa shape index (κ3) is 3.34. The van der Waals surface area contributed by atoms with E-state index in [2.05, 4.69) is 0 Å². The Labute approximate surface area is 141 Å². The van der Waals surface area contributed by atoms with Gasteiger partial charge in [0.05, 0.1) is 0 Å². The van der Waals surface area contributed by atoms with Crippen LogP contribution in [0.1, 0.15) is 13.8 Å². The number of allylic oxidation sites excluding steroid dienone is 8. The molecule has 0 radical (unpaired) electrons. The zero-order chi connectivity index (χ0) is 14.5. The van der Waals surface area contributed by atoms with Crippen molar-refractivity contribution in [3.8, 4) is 0 Å². The number of alkyl halides is 2. The maximum atomic E-state index is 13.6. The summed E-state index contributed by atoms with van der Waals surface area (Å²) in [7, 11) is 0. The van der Waals surface area contributed by atoms with Crippen LogP contribution < -0.4 is 24.8 Å². The van der Waals surface area contributed by atoms with E-state index in [0.29, 0.717) is 0 Å². The molecule has 0 amide bonds. The van der Waals surface area contributed by atoms with Crippen LogP contribution in [0.25, 0.3) is 0 Å². The van der Waals surface area contributed by atoms with E-state index >= 15 is 0 Å².